The summed E-state index contributed by atoms with van der Waals surface area (Å²) in [6, 6.07) is 0. The number of carbonyl (C=O) groups is 3. The van der Waals surface area contributed by atoms with Crippen LogP contribution in [0.25, 0.3) is 5.32 Å². The van der Waals surface area contributed by atoms with Crippen molar-refractivity contribution in [2.24, 2.45) is 0 Å². The number of rotatable bonds is 4. The SMILES string of the molecule is C[N-]C(=O)/C=C(\NC=O)C(=O)O.[K+]. The fourth-order valence-electron chi connectivity index (χ4n) is 0.417. The molecule has 0 rings (SSSR count). The summed E-state index contributed by atoms with van der Waals surface area (Å²) in [4.78, 5) is 30.6. The average Bonchev–Trinajstić information content (AvgIpc) is 2.03. The van der Waals surface area contributed by atoms with Crippen molar-refractivity contribution in [1.82, 2.24) is 5.32 Å². The number of carboxylic acids is 1. The average molecular weight is 210 g/mol. The Kier molecular flexibility index (Phi) is 9.85. The standard InChI is InChI=1S/C6H8N2O4.K/c1-7-5(10)2-4(6(11)12)8-3-9;/h2-3H,1H3,(H3,7,8,9,10,11,12);/q;+1/p-1. The van der Waals surface area contributed by atoms with Gasteiger partial charge in [-0.15, -0.1) is 7.05 Å². The summed E-state index contributed by atoms with van der Waals surface area (Å²) in [7, 11) is 1.22. The van der Waals surface area contributed by atoms with Gasteiger partial charge in [0.05, 0.1) is 5.91 Å². The molecule has 13 heavy (non-hydrogen) atoms. The van der Waals surface area contributed by atoms with Crippen molar-refractivity contribution >= 4 is 18.3 Å². The van der Waals surface area contributed by atoms with Crippen molar-refractivity contribution in [2.45, 2.75) is 0 Å². The first-order valence-electron chi connectivity index (χ1n) is 2.90. The maximum Gasteiger partial charge on any atom is 1.00 e. The second-order valence-corrected chi connectivity index (χ2v) is 1.69. The Bertz CT molecular complexity index is 239. The number of hydrogen-bond donors (Lipinski definition) is 2. The van der Waals surface area contributed by atoms with Gasteiger partial charge >= 0.3 is 57.4 Å². The first-order valence-corrected chi connectivity index (χ1v) is 2.90. The Morgan fingerprint density at radius 2 is 2.00 bits per heavy atom. The molecule has 0 aromatic rings. The molecule has 0 aromatic carbocycles. The van der Waals surface area contributed by atoms with Crippen LogP contribution >= 0.6 is 0 Å². The predicted molar refractivity (Wildman–Crippen MR) is 39.2 cm³/mol. The molecular formula is C6H7KN2O4. The van der Waals surface area contributed by atoms with E-state index >= 15 is 0 Å². The molecule has 0 fully saturated rings. The van der Waals surface area contributed by atoms with E-state index in [-0.39, 0.29) is 57.8 Å². The second kappa shape index (κ2) is 8.39. The van der Waals surface area contributed by atoms with Crippen molar-refractivity contribution in [3.05, 3.63) is 17.1 Å². The van der Waals surface area contributed by atoms with Gasteiger partial charge in [0.1, 0.15) is 5.70 Å². The van der Waals surface area contributed by atoms with Crippen LogP contribution < -0.4 is 56.7 Å². The molecule has 0 heterocycles. The predicted octanol–water partition coefficient (Wildman–Crippen LogP) is -3.76. The number of likely N-dealkylation sites (N-methyl/N-ethyl adjacent to an activating group) is 1. The quantitative estimate of drug-likeness (QED) is 0.283. The Hall–Kier alpha value is -0.214. The summed E-state index contributed by atoms with van der Waals surface area (Å²) in [6.07, 6.45) is 0.889. The number of aliphatic carboxylic acids is 1. The summed E-state index contributed by atoms with van der Waals surface area (Å²) < 4.78 is 0. The largest absolute Gasteiger partial charge is 1.00 e. The molecule has 0 radical (unpaired) electrons. The summed E-state index contributed by atoms with van der Waals surface area (Å²) in [5, 5.41) is 13.4. The van der Waals surface area contributed by atoms with E-state index in [2.05, 4.69) is 5.32 Å². The first kappa shape index (κ1) is 15.3. The molecule has 2 amide bonds. The molecule has 0 bridgehead atoms. The minimum atomic E-state index is -1.39. The molecular weight excluding hydrogens is 203 g/mol. The van der Waals surface area contributed by atoms with E-state index in [9.17, 15) is 14.4 Å². The number of nitrogens with zero attached hydrogens (tertiary/aromatic N) is 1. The van der Waals surface area contributed by atoms with E-state index in [1.165, 1.54) is 7.05 Å². The molecule has 6 nitrogen and oxygen atoms in total. The first-order chi connectivity index (χ1) is 5.61. The van der Waals surface area contributed by atoms with Gasteiger partial charge < -0.3 is 20.5 Å². The number of amides is 2. The fraction of sp³-hybridized carbons (Fsp3) is 0.167. The number of hydrogen-bond acceptors (Lipinski definition) is 3. The van der Waals surface area contributed by atoms with E-state index in [1.54, 1.807) is 0 Å². The van der Waals surface area contributed by atoms with Crippen molar-refractivity contribution in [3.8, 4) is 0 Å². The molecule has 0 atom stereocenters. The topological polar surface area (TPSA) is 97.6 Å². The fourth-order valence-corrected chi connectivity index (χ4v) is 0.417. The second-order valence-electron chi connectivity index (χ2n) is 1.69. The van der Waals surface area contributed by atoms with E-state index in [0.717, 1.165) is 6.08 Å². The minimum absolute atomic E-state index is 0. The van der Waals surface area contributed by atoms with Gasteiger partial charge in [0.25, 0.3) is 0 Å². The van der Waals surface area contributed by atoms with Gasteiger partial charge in [0.2, 0.25) is 6.41 Å². The van der Waals surface area contributed by atoms with Gasteiger partial charge in [-0.1, -0.05) is 0 Å². The van der Waals surface area contributed by atoms with Gasteiger partial charge in [-0.3, -0.25) is 4.79 Å². The van der Waals surface area contributed by atoms with Gasteiger partial charge in [-0.2, -0.15) is 0 Å². The number of nitrogens with one attached hydrogen (secondary N) is 1. The van der Waals surface area contributed by atoms with Gasteiger partial charge in [0, 0.05) is 0 Å². The van der Waals surface area contributed by atoms with E-state index in [0.29, 0.717) is 0 Å². The molecule has 0 aliphatic heterocycles. The van der Waals surface area contributed by atoms with Crippen LogP contribution in [-0.2, 0) is 14.4 Å². The number of carboxylic acid groups (broad SMARTS) is 1. The van der Waals surface area contributed by atoms with Crippen LogP contribution in [0.2, 0.25) is 0 Å². The van der Waals surface area contributed by atoms with Crippen LogP contribution in [0.4, 0.5) is 0 Å². The normalized spacial score (nSPS) is 9.46. The summed E-state index contributed by atoms with van der Waals surface area (Å²) in [5.74, 6) is -2.11. The van der Waals surface area contributed by atoms with Crippen molar-refractivity contribution < 1.29 is 70.9 Å². The maximum atomic E-state index is 10.5. The van der Waals surface area contributed by atoms with E-state index in [1.807, 2.05) is 5.32 Å². The Balaban J connectivity index is 0. The summed E-state index contributed by atoms with van der Waals surface area (Å²) in [6.45, 7) is 0. The third kappa shape index (κ3) is 6.90. The molecule has 7 heteroatoms. The Morgan fingerprint density at radius 1 is 1.46 bits per heavy atom. The molecule has 0 aromatic heterocycles. The van der Waals surface area contributed by atoms with Crippen LogP contribution in [0.15, 0.2) is 11.8 Å². The summed E-state index contributed by atoms with van der Waals surface area (Å²) in [5.41, 5.74) is -0.499. The van der Waals surface area contributed by atoms with Gasteiger partial charge in [-0.05, 0) is 6.08 Å². The zero-order valence-corrected chi connectivity index (χ0v) is 10.4. The van der Waals surface area contributed by atoms with Crippen LogP contribution in [0.3, 0.4) is 0 Å². The Morgan fingerprint density at radius 3 is 2.31 bits per heavy atom. The molecule has 0 aliphatic carbocycles. The molecule has 0 aliphatic rings. The number of carbonyl (C=O) groups excluding carboxylic acids is 2. The smallest absolute Gasteiger partial charge is 0.652 e. The molecule has 0 unspecified atom stereocenters. The zero-order chi connectivity index (χ0) is 9.56. The van der Waals surface area contributed by atoms with Crippen LogP contribution in [0.1, 0.15) is 0 Å². The maximum absolute atomic E-state index is 10.5. The third-order valence-corrected chi connectivity index (χ3v) is 0.933. The molecule has 66 valence electrons. The minimum Gasteiger partial charge on any atom is -0.652 e. The van der Waals surface area contributed by atoms with Gasteiger partial charge in [-0.25, -0.2) is 4.79 Å². The molecule has 2 N–H and O–H groups in total. The van der Waals surface area contributed by atoms with Crippen LogP contribution in [0.5, 0.6) is 0 Å². The zero-order valence-electron chi connectivity index (χ0n) is 7.27. The van der Waals surface area contributed by atoms with Crippen LogP contribution in [-0.4, -0.2) is 30.4 Å². The van der Waals surface area contributed by atoms with Crippen LogP contribution in [0, 0.1) is 0 Å². The monoisotopic (exact) mass is 210 g/mol. The van der Waals surface area contributed by atoms with E-state index in [4.69, 9.17) is 5.11 Å². The summed E-state index contributed by atoms with van der Waals surface area (Å²) >= 11 is 0. The molecule has 0 saturated heterocycles. The van der Waals surface area contributed by atoms with Crippen molar-refractivity contribution in [1.29, 1.82) is 0 Å². The van der Waals surface area contributed by atoms with Gasteiger partial charge in [0.15, 0.2) is 0 Å². The third-order valence-electron chi connectivity index (χ3n) is 0.933. The van der Waals surface area contributed by atoms with Crippen molar-refractivity contribution in [2.75, 3.05) is 7.05 Å². The van der Waals surface area contributed by atoms with Crippen molar-refractivity contribution in [3.63, 3.8) is 0 Å². The molecule has 0 saturated carbocycles. The van der Waals surface area contributed by atoms with E-state index < -0.39 is 17.6 Å². The Labute approximate surface area is 117 Å². The molecule has 0 spiro atoms.